The summed E-state index contributed by atoms with van der Waals surface area (Å²) in [5.41, 5.74) is 9.84. The van der Waals surface area contributed by atoms with Gasteiger partial charge in [0.2, 0.25) is 0 Å². The molecule has 0 aliphatic carbocycles. The van der Waals surface area contributed by atoms with E-state index in [0.717, 1.165) is 22.0 Å². The third kappa shape index (κ3) is 3.85. The van der Waals surface area contributed by atoms with Gasteiger partial charge in [-0.15, -0.1) is 0 Å². The van der Waals surface area contributed by atoms with Crippen LogP contribution in [0, 0.1) is 5.92 Å². The molecule has 0 aliphatic heterocycles. The fourth-order valence-electron chi connectivity index (χ4n) is 2.28. The molecule has 0 bridgehead atoms. The first-order chi connectivity index (χ1) is 9.47. The Balaban J connectivity index is 2.28. The smallest absolute Gasteiger partial charge is 0.0552 e. The Morgan fingerprint density at radius 2 is 1.80 bits per heavy atom. The van der Waals surface area contributed by atoms with Crippen LogP contribution in [-0.2, 0) is 6.42 Å². The van der Waals surface area contributed by atoms with Crippen molar-refractivity contribution in [2.75, 3.05) is 0 Å². The summed E-state index contributed by atoms with van der Waals surface area (Å²) in [6.07, 6.45) is 1.07. The number of nitrogens with two attached hydrogens (primary N) is 1. The number of benzene rings is 2. The lowest BCUT2D eigenvalue weighted by Crippen LogP contribution is -2.12. The molecule has 0 amide bonds. The molecular weight excluding hydrogens is 334 g/mol. The van der Waals surface area contributed by atoms with Gasteiger partial charge >= 0.3 is 0 Å². The predicted molar refractivity (Wildman–Crippen MR) is 90.2 cm³/mol. The van der Waals surface area contributed by atoms with E-state index in [4.69, 9.17) is 17.3 Å². The molecule has 2 rings (SSSR count). The molecule has 0 spiro atoms. The summed E-state index contributed by atoms with van der Waals surface area (Å²) in [6.45, 7) is 4.45. The fraction of sp³-hybridized carbons (Fsp3) is 0.294. The molecule has 1 unspecified atom stereocenters. The molecular formula is C17H19BrClN. The van der Waals surface area contributed by atoms with Crippen LogP contribution in [-0.4, -0.2) is 0 Å². The maximum absolute atomic E-state index is 6.36. The molecule has 0 aliphatic rings. The van der Waals surface area contributed by atoms with Crippen molar-refractivity contribution in [3.8, 4) is 0 Å². The fourth-order valence-corrected chi connectivity index (χ4v) is 2.72. The van der Waals surface area contributed by atoms with E-state index in [1.165, 1.54) is 5.56 Å². The molecule has 0 saturated heterocycles. The summed E-state index contributed by atoms with van der Waals surface area (Å²) in [5.74, 6) is 0.642. The molecule has 0 saturated carbocycles. The lowest BCUT2D eigenvalue weighted by Gasteiger charge is -2.15. The predicted octanol–water partition coefficient (Wildman–Crippen LogP) is 5.35. The van der Waals surface area contributed by atoms with Crippen LogP contribution in [0.5, 0.6) is 0 Å². The first-order valence-corrected chi connectivity index (χ1v) is 7.94. The zero-order valence-corrected chi connectivity index (χ0v) is 14.1. The summed E-state index contributed by atoms with van der Waals surface area (Å²) in [6, 6.07) is 14.2. The summed E-state index contributed by atoms with van der Waals surface area (Å²) in [5, 5.41) is 0.691. The third-order valence-corrected chi connectivity index (χ3v) is 4.49. The lowest BCUT2D eigenvalue weighted by atomic mass is 9.95. The van der Waals surface area contributed by atoms with Gasteiger partial charge in [-0.25, -0.2) is 0 Å². The number of halogens is 2. The highest BCUT2D eigenvalue weighted by atomic mass is 79.9. The van der Waals surface area contributed by atoms with Crippen LogP contribution in [0.4, 0.5) is 0 Å². The first-order valence-electron chi connectivity index (χ1n) is 6.76. The minimum Gasteiger partial charge on any atom is -0.320 e. The van der Waals surface area contributed by atoms with Gasteiger partial charge in [0, 0.05) is 4.47 Å². The lowest BCUT2D eigenvalue weighted by molar-refractivity contribution is 0.646. The molecule has 2 N–H and O–H groups in total. The molecule has 1 nitrogen and oxygen atoms in total. The highest BCUT2D eigenvalue weighted by molar-refractivity contribution is 9.10. The second-order valence-corrected chi connectivity index (χ2v) is 6.76. The average Bonchev–Trinajstić information content (AvgIpc) is 2.40. The first kappa shape index (κ1) is 15.6. The molecule has 1 atom stereocenters. The van der Waals surface area contributed by atoms with Crippen LogP contribution in [0.25, 0.3) is 0 Å². The van der Waals surface area contributed by atoms with Crippen LogP contribution >= 0.6 is 27.5 Å². The summed E-state index contributed by atoms with van der Waals surface area (Å²) in [4.78, 5) is 0. The molecule has 2 aromatic rings. The van der Waals surface area contributed by atoms with Gasteiger partial charge < -0.3 is 5.73 Å². The van der Waals surface area contributed by atoms with Crippen LogP contribution in [0.1, 0.15) is 36.6 Å². The summed E-state index contributed by atoms with van der Waals surface area (Å²) >= 11 is 9.54. The van der Waals surface area contributed by atoms with Gasteiger partial charge in [0.1, 0.15) is 0 Å². The second kappa shape index (κ2) is 6.75. The van der Waals surface area contributed by atoms with E-state index in [0.29, 0.717) is 10.9 Å². The summed E-state index contributed by atoms with van der Waals surface area (Å²) in [7, 11) is 0. The quantitative estimate of drug-likeness (QED) is 0.788. The van der Waals surface area contributed by atoms with E-state index in [2.05, 4.69) is 54.0 Å². The Bertz CT molecular complexity index is 595. The highest BCUT2D eigenvalue weighted by Gasteiger charge is 2.11. The van der Waals surface area contributed by atoms with Crippen molar-refractivity contribution < 1.29 is 0 Å². The molecule has 0 aromatic heterocycles. The maximum Gasteiger partial charge on any atom is 0.0552 e. The molecule has 3 heteroatoms. The Labute approximate surface area is 134 Å². The Kier molecular flexibility index (Phi) is 5.25. The van der Waals surface area contributed by atoms with Crippen LogP contribution in [0.3, 0.4) is 0 Å². The van der Waals surface area contributed by atoms with Gasteiger partial charge in [0.05, 0.1) is 11.1 Å². The molecule has 20 heavy (non-hydrogen) atoms. The molecule has 2 aromatic carbocycles. The van der Waals surface area contributed by atoms with E-state index in [9.17, 15) is 0 Å². The van der Waals surface area contributed by atoms with Gasteiger partial charge in [-0.2, -0.15) is 0 Å². The number of hydrogen-bond acceptors (Lipinski definition) is 1. The monoisotopic (exact) mass is 351 g/mol. The van der Waals surface area contributed by atoms with E-state index in [-0.39, 0.29) is 6.04 Å². The topological polar surface area (TPSA) is 26.0 Å². The minimum atomic E-state index is -0.146. The number of hydrogen-bond donors (Lipinski definition) is 1. The Morgan fingerprint density at radius 1 is 1.10 bits per heavy atom. The van der Waals surface area contributed by atoms with E-state index in [1.54, 1.807) is 0 Å². The van der Waals surface area contributed by atoms with E-state index < -0.39 is 0 Å². The van der Waals surface area contributed by atoms with Gasteiger partial charge in [-0.1, -0.05) is 55.8 Å². The second-order valence-electron chi connectivity index (χ2n) is 5.49. The van der Waals surface area contributed by atoms with Crippen LogP contribution in [0.2, 0.25) is 5.02 Å². The molecule has 106 valence electrons. The van der Waals surface area contributed by atoms with Crippen LogP contribution < -0.4 is 5.73 Å². The van der Waals surface area contributed by atoms with Crippen molar-refractivity contribution >= 4 is 27.5 Å². The average molecular weight is 353 g/mol. The highest BCUT2D eigenvalue weighted by Crippen LogP contribution is 2.28. The Hall–Kier alpha value is -0.830. The van der Waals surface area contributed by atoms with Crippen LogP contribution in [0.15, 0.2) is 46.9 Å². The van der Waals surface area contributed by atoms with Crippen molar-refractivity contribution in [1.29, 1.82) is 0 Å². The largest absolute Gasteiger partial charge is 0.320 e. The van der Waals surface area contributed by atoms with E-state index >= 15 is 0 Å². The molecule has 0 heterocycles. The standard InChI is InChI=1S/C17H19BrClN/c1-11(2)8-12-4-3-5-13(9-12)17(20)14-6-7-15(18)16(19)10-14/h3-7,9-11,17H,8,20H2,1-2H3. The van der Waals surface area contributed by atoms with Gasteiger partial charge in [0.25, 0.3) is 0 Å². The van der Waals surface area contributed by atoms with Crippen molar-refractivity contribution in [2.45, 2.75) is 26.3 Å². The molecule has 0 fully saturated rings. The normalized spacial score (nSPS) is 12.7. The van der Waals surface area contributed by atoms with Crippen molar-refractivity contribution in [3.63, 3.8) is 0 Å². The van der Waals surface area contributed by atoms with Crippen molar-refractivity contribution in [1.82, 2.24) is 0 Å². The summed E-state index contributed by atoms with van der Waals surface area (Å²) < 4.78 is 0.892. The maximum atomic E-state index is 6.36. The number of rotatable bonds is 4. The minimum absolute atomic E-state index is 0.146. The Morgan fingerprint density at radius 3 is 2.45 bits per heavy atom. The molecule has 0 radical (unpaired) electrons. The van der Waals surface area contributed by atoms with E-state index in [1.807, 2.05) is 18.2 Å². The third-order valence-electron chi connectivity index (χ3n) is 3.26. The van der Waals surface area contributed by atoms with Gasteiger partial charge in [-0.3, -0.25) is 0 Å². The zero-order valence-electron chi connectivity index (χ0n) is 11.7. The van der Waals surface area contributed by atoms with Gasteiger partial charge in [0.15, 0.2) is 0 Å². The zero-order chi connectivity index (χ0) is 14.7. The van der Waals surface area contributed by atoms with Crippen molar-refractivity contribution in [3.05, 3.63) is 68.7 Å². The van der Waals surface area contributed by atoms with Gasteiger partial charge in [-0.05, 0) is 57.1 Å². The van der Waals surface area contributed by atoms with Crippen molar-refractivity contribution in [2.24, 2.45) is 11.7 Å². The SMILES string of the molecule is CC(C)Cc1cccc(C(N)c2ccc(Br)c(Cl)c2)c1.